The molecule has 0 radical (unpaired) electrons. The molecule has 2 aromatic heterocycles. The summed E-state index contributed by atoms with van der Waals surface area (Å²) in [5, 5.41) is 21.7. The van der Waals surface area contributed by atoms with E-state index in [1.807, 2.05) is 22.9 Å². The topological polar surface area (TPSA) is 40.5 Å². The molecule has 0 aliphatic heterocycles. The molecule has 4 heteroatoms. The molecule has 0 aliphatic carbocycles. The van der Waals surface area contributed by atoms with Crippen molar-refractivity contribution in [3.05, 3.63) is 34.5 Å². The van der Waals surface area contributed by atoms with Crippen molar-refractivity contribution in [1.29, 1.82) is 0 Å². The maximum absolute atomic E-state index is 9.09. The Morgan fingerprint density at radius 3 is 2.88 bits per heavy atom. The van der Waals surface area contributed by atoms with Crippen molar-refractivity contribution in [1.82, 2.24) is 0 Å². The highest BCUT2D eigenvalue weighted by molar-refractivity contribution is 7.20. The van der Waals surface area contributed by atoms with Gasteiger partial charge in [-0.25, -0.2) is 0 Å². The Morgan fingerprint density at radius 2 is 2.19 bits per heavy atom. The number of aliphatic hydroxyl groups is 2. The highest BCUT2D eigenvalue weighted by atomic mass is 32.1. The summed E-state index contributed by atoms with van der Waals surface area (Å²) >= 11 is 3.32. The molecule has 0 fully saturated rings. The molecule has 0 aliphatic rings. The lowest BCUT2D eigenvalue weighted by Crippen LogP contribution is -2.07. The number of rotatable bonds is 2. The second kappa shape index (κ2) is 5.28. The third-order valence-electron chi connectivity index (χ3n) is 1.92. The Balaban J connectivity index is 2.16. The molecule has 2 heterocycles. The third kappa shape index (κ3) is 2.71. The normalized spacial score (nSPS) is 11.9. The fraction of sp³-hybridized carbons (Fsp3) is 0.167. The number of aliphatic hydroxyl groups excluding tert-OH is 2. The van der Waals surface area contributed by atoms with Crippen molar-refractivity contribution < 1.29 is 10.2 Å². The first-order valence-electron chi connectivity index (χ1n) is 4.72. The van der Waals surface area contributed by atoms with E-state index in [-0.39, 0.29) is 6.61 Å². The molecule has 2 nitrogen and oxygen atoms in total. The summed E-state index contributed by atoms with van der Waals surface area (Å²) in [6, 6.07) is 6.07. The highest BCUT2D eigenvalue weighted by Crippen LogP contribution is 2.30. The SMILES string of the molecule is OCC(O)C#Cc1csc(-c2cccs2)c1. The Labute approximate surface area is 102 Å². The fourth-order valence-corrected chi connectivity index (χ4v) is 2.85. The van der Waals surface area contributed by atoms with E-state index in [9.17, 15) is 0 Å². The van der Waals surface area contributed by atoms with E-state index in [1.54, 1.807) is 22.7 Å². The van der Waals surface area contributed by atoms with Gasteiger partial charge in [-0.05, 0) is 17.5 Å². The van der Waals surface area contributed by atoms with Crippen molar-refractivity contribution in [2.45, 2.75) is 6.10 Å². The van der Waals surface area contributed by atoms with Gasteiger partial charge in [-0.1, -0.05) is 17.9 Å². The smallest absolute Gasteiger partial charge is 0.138 e. The van der Waals surface area contributed by atoms with Gasteiger partial charge in [-0.3, -0.25) is 0 Å². The van der Waals surface area contributed by atoms with E-state index in [2.05, 4.69) is 17.9 Å². The number of hydrogen-bond acceptors (Lipinski definition) is 4. The Bertz CT molecular complexity index is 503. The molecule has 0 saturated heterocycles. The van der Waals surface area contributed by atoms with Crippen molar-refractivity contribution in [2.24, 2.45) is 0 Å². The van der Waals surface area contributed by atoms with Crippen LogP contribution in [0.5, 0.6) is 0 Å². The zero-order chi connectivity index (χ0) is 11.4. The van der Waals surface area contributed by atoms with Crippen LogP contribution in [0.2, 0.25) is 0 Å². The second-order valence-electron chi connectivity index (χ2n) is 3.14. The first-order chi connectivity index (χ1) is 7.79. The first-order valence-corrected chi connectivity index (χ1v) is 6.48. The van der Waals surface area contributed by atoms with Gasteiger partial charge in [0.1, 0.15) is 6.10 Å². The van der Waals surface area contributed by atoms with Gasteiger partial charge in [-0.15, -0.1) is 22.7 Å². The van der Waals surface area contributed by atoms with E-state index in [1.165, 1.54) is 9.75 Å². The average Bonchev–Trinajstić information content (AvgIpc) is 2.95. The lowest BCUT2D eigenvalue weighted by Gasteiger charge is -1.92. The molecule has 82 valence electrons. The van der Waals surface area contributed by atoms with E-state index in [0.29, 0.717) is 0 Å². The lowest BCUT2D eigenvalue weighted by atomic mass is 10.2. The van der Waals surface area contributed by atoms with Gasteiger partial charge in [0.05, 0.1) is 6.61 Å². The summed E-state index contributed by atoms with van der Waals surface area (Å²) in [6.45, 7) is -0.324. The summed E-state index contributed by atoms with van der Waals surface area (Å²) in [6.07, 6.45) is -0.954. The fourth-order valence-electron chi connectivity index (χ4n) is 1.16. The van der Waals surface area contributed by atoms with E-state index in [0.717, 1.165) is 5.56 Å². The van der Waals surface area contributed by atoms with Gasteiger partial charge in [-0.2, -0.15) is 0 Å². The minimum atomic E-state index is -0.954. The van der Waals surface area contributed by atoms with Crippen molar-refractivity contribution >= 4 is 22.7 Å². The molecule has 0 bridgehead atoms. The summed E-state index contributed by atoms with van der Waals surface area (Å²) in [4.78, 5) is 2.40. The molecule has 2 N–H and O–H groups in total. The van der Waals surface area contributed by atoms with Crippen LogP contribution in [0.1, 0.15) is 5.56 Å². The monoisotopic (exact) mass is 250 g/mol. The van der Waals surface area contributed by atoms with Crippen LogP contribution in [0.4, 0.5) is 0 Å². The zero-order valence-corrected chi connectivity index (χ0v) is 10.0. The largest absolute Gasteiger partial charge is 0.393 e. The number of thiophene rings is 2. The van der Waals surface area contributed by atoms with E-state index >= 15 is 0 Å². The molecule has 2 aromatic rings. The zero-order valence-electron chi connectivity index (χ0n) is 8.38. The predicted octanol–water partition coefficient (Wildman–Crippen LogP) is 2.18. The Morgan fingerprint density at radius 1 is 1.31 bits per heavy atom. The van der Waals surface area contributed by atoms with Gasteiger partial charge >= 0.3 is 0 Å². The van der Waals surface area contributed by atoms with Crippen LogP contribution >= 0.6 is 22.7 Å². The van der Waals surface area contributed by atoms with Crippen LogP contribution in [0.25, 0.3) is 9.75 Å². The third-order valence-corrected chi connectivity index (χ3v) is 3.92. The quantitative estimate of drug-likeness (QED) is 0.802. The summed E-state index contributed by atoms with van der Waals surface area (Å²) in [5.74, 6) is 5.41. The van der Waals surface area contributed by atoms with Crippen molar-refractivity contribution in [3.63, 3.8) is 0 Å². The maximum atomic E-state index is 9.09. The second-order valence-corrected chi connectivity index (χ2v) is 5.00. The van der Waals surface area contributed by atoms with Gasteiger partial charge in [0, 0.05) is 20.7 Å². The van der Waals surface area contributed by atoms with Crippen molar-refractivity contribution in [3.8, 4) is 21.6 Å². The molecule has 1 atom stereocenters. The molecule has 0 aromatic carbocycles. The van der Waals surface area contributed by atoms with Crippen LogP contribution in [-0.2, 0) is 0 Å². The summed E-state index contributed by atoms with van der Waals surface area (Å²) < 4.78 is 0. The van der Waals surface area contributed by atoms with Crippen LogP contribution in [-0.4, -0.2) is 22.9 Å². The molecular formula is C12H10O2S2. The van der Waals surface area contributed by atoms with Crippen LogP contribution in [0.3, 0.4) is 0 Å². The van der Waals surface area contributed by atoms with E-state index < -0.39 is 6.10 Å². The van der Waals surface area contributed by atoms with E-state index in [4.69, 9.17) is 10.2 Å². The van der Waals surface area contributed by atoms with Gasteiger partial charge in [0.2, 0.25) is 0 Å². The van der Waals surface area contributed by atoms with Crippen molar-refractivity contribution in [2.75, 3.05) is 6.61 Å². The van der Waals surface area contributed by atoms with Gasteiger partial charge in [0.25, 0.3) is 0 Å². The van der Waals surface area contributed by atoms with Gasteiger partial charge in [0.15, 0.2) is 0 Å². The highest BCUT2D eigenvalue weighted by Gasteiger charge is 2.02. The van der Waals surface area contributed by atoms with Crippen LogP contribution in [0, 0.1) is 11.8 Å². The molecule has 0 saturated carbocycles. The summed E-state index contributed by atoms with van der Waals surface area (Å²) in [7, 11) is 0. The van der Waals surface area contributed by atoms with Crippen LogP contribution in [0.15, 0.2) is 29.0 Å². The minimum absolute atomic E-state index is 0.324. The Hall–Kier alpha value is -1.12. The molecule has 0 amide bonds. The minimum Gasteiger partial charge on any atom is -0.393 e. The lowest BCUT2D eigenvalue weighted by molar-refractivity contribution is 0.138. The van der Waals surface area contributed by atoms with Crippen LogP contribution < -0.4 is 0 Å². The average molecular weight is 250 g/mol. The molecule has 2 rings (SSSR count). The molecule has 0 spiro atoms. The number of hydrogen-bond donors (Lipinski definition) is 2. The maximum Gasteiger partial charge on any atom is 0.138 e. The molecular weight excluding hydrogens is 240 g/mol. The summed E-state index contributed by atoms with van der Waals surface area (Å²) in [5.41, 5.74) is 0.876. The molecule has 1 unspecified atom stereocenters. The molecule has 16 heavy (non-hydrogen) atoms. The first kappa shape index (κ1) is 11.4. The predicted molar refractivity (Wildman–Crippen MR) is 67.6 cm³/mol. The standard InChI is InChI=1S/C12H10O2S2/c13-7-10(14)4-3-9-6-12(16-8-9)11-2-1-5-15-11/h1-2,5-6,8,10,13-14H,7H2. The Kier molecular flexibility index (Phi) is 3.75. The van der Waals surface area contributed by atoms with Gasteiger partial charge < -0.3 is 10.2 Å².